The molecule has 0 aliphatic rings. The van der Waals surface area contributed by atoms with Gasteiger partial charge >= 0.3 is 0 Å². The predicted molar refractivity (Wildman–Crippen MR) is 112 cm³/mol. The second-order valence-electron chi connectivity index (χ2n) is 6.28. The molecule has 8 heteroatoms. The van der Waals surface area contributed by atoms with E-state index >= 15 is 0 Å². The molecule has 0 radical (unpaired) electrons. The van der Waals surface area contributed by atoms with Crippen LogP contribution < -0.4 is 15.4 Å². The Morgan fingerprint density at radius 1 is 1.00 bits per heavy atom. The number of carbonyl (C=O) groups excluding carboxylic acids is 3. The molecule has 0 unspecified atom stereocenters. The summed E-state index contributed by atoms with van der Waals surface area (Å²) in [5.41, 5.74) is 2.03. The van der Waals surface area contributed by atoms with Crippen LogP contribution in [0.4, 0.5) is 11.4 Å². The topological polar surface area (TPSA) is 87.7 Å². The molecule has 0 aromatic heterocycles. The number of anilines is 2. The molecule has 28 heavy (non-hydrogen) atoms. The van der Waals surface area contributed by atoms with Crippen molar-refractivity contribution in [2.24, 2.45) is 0 Å². The van der Waals surface area contributed by atoms with Crippen molar-refractivity contribution in [3.05, 3.63) is 52.0 Å². The summed E-state index contributed by atoms with van der Waals surface area (Å²) in [7, 11) is 3.25. The Balaban J connectivity index is 2.32. The number of nitrogens with zero attached hydrogens (tertiary/aromatic N) is 1. The summed E-state index contributed by atoms with van der Waals surface area (Å²) in [5.74, 6) is -0.134. The van der Waals surface area contributed by atoms with Gasteiger partial charge in [0.15, 0.2) is 0 Å². The third kappa shape index (κ3) is 5.82. The smallest absolute Gasteiger partial charge is 0.254 e. The minimum atomic E-state index is -0.273. The average Bonchev–Trinajstić information content (AvgIpc) is 2.59. The molecule has 0 aliphatic carbocycles. The molecular weight excluding hydrogens is 426 g/mol. The van der Waals surface area contributed by atoms with Crippen LogP contribution in [0, 0.1) is 0 Å². The van der Waals surface area contributed by atoms with Gasteiger partial charge in [-0.05, 0) is 36.4 Å². The molecule has 7 nitrogen and oxygen atoms in total. The van der Waals surface area contributed by atoms with E-state index in [1.54, 1.807) is 32.4 Å². The number of nitrogens with one attached hydrogen (secondary N) is 2. The zero-order chi connectivity index (χ0) is 20.8. The molecule has 0 spiro atoms. The second kappa shape index (κ2) is 9.36. The number of hydrogen-bond donors (Lipinski definition) is 2. The van der Waals surface area contributed by atoms with Crippen LogP contribution in [0.25, 0.3) is 0 Å². The molecule has 0 atom stereocenters. The highest BCUT2D eigenvalue weighted by molar-refractivity contribution is 9.10. The summed E-state index contributed by atoms with van der Waals surface area (Å²) in [6.07, 6.45) is 0. The first-order valence-electron chi connectivity index (χ1n) is 8.47. The third-order valence-corrected chi connectivity index (χ3v) is 4.31. The van der Waals surface area contributed by atoms with Gasteiger partial charge in [-0.25, -0.2) is 0 Å². The van der Waals surface area contributed by atoms with Crippen molar-refractivity contribution in [2.75, 3.05) is 24.8 Å². The molecule has 2 aromatic carbocycles. The Labute approximate surface area is 172 Å². The lowest BCUT2D eigenvalue weighted by Crippen LogP contribution is -2.26. The minimum Gasteiger partial charge on any atom is -0.496 e. The molecule has 3 amide bonds. The summed E-state index contributed by atoms with van der Waals surface area (Å²) in [6, 6.07) is 10.3. The predicted octanol–water partition coefficient (Wildman–Crippen LogP) is 3.65. The largest absolute Gasteiger partial charge is 0.496 e. The third-order valence-electron chi connectivity index (χ3n) is 3.82. The Hall–Kier alpha value is -2.87. The molecule has 0 saturated heterocycles. The minimum absolute atomic E-state index is 0.263. The quantitative estimate of drug-likeness (QED) is 0.707. The normalized spacial score (nSPS) is 10.2. The van der Waals surface area contributed by atoms with Crippen LogP contribution in [0.15, 0.2) is 40.9 Å². The fourth-order valence-corrected chi connectivity index (χ4v) is 3.13. The van der Waals surface area contributed by atoms with Crippen LogP contribution in [0.3, 0.4) is 0 Å². The van der Waals surface area contributed by atoms with E-state index in [9.17, 15) is 14.4 Å². The van der Waals surface area contributed by atoms with Crippen molar-refractivity contribution in [1.82, 2.24) is 4.90 Å². The van der Waals surface area contributed by atoms with E-state index in [1.165, 1.54) is 18.7 Å². The van der Waals surface area contributed by atoms with Crippen LogP contribution in [-0.4, -0.2) is 36.8 Å². The fraction of sp³-hybridized carbons (Fsp3) is 0.250. The van der Waals surface area contributed by atoms with Gasteiger partial charge in [-0.1, -0.05) is 15.9 Å². The first-order chi connectivity index (χ1) is 13.2. The zero-order valence-electron chi connectivity index (χ0n) is 16.1. The summed E-state index contributed by atoms with van der Waals surface area (Å²) < 4.78 is 6.24. The molecule has 148 valence electrons. The molecule has 2 aromatic rings. The van der Waals surface area contributed by atoms with Gasteiger partial charge in [0.25, 0.3) is 5.91 Å². The Morgan fingerprint density at radius 3 is 2.07 bits per heavy atom. The Kier molecular flexibility index (Phi) is 7.17. The molecule has 0 aliphatic heterocycles. The zero-order valence-corrected chi connectivity index (χ0v) is 17.7. The van der Waals surface area contributed by atoms with Gasteiger partial charge in [0.2, 0.25) is 11.8 Å². The molecule has 2 N–H and O–H groups in total. The van der Waals surface area contributed by atoms with E-state index in [-0.39, 0.29) is 17.7 Å². The second-order valence-corrected chi connectivity index (χ2v) is 7.19. The van der Waals surface area contributed by atoms with Crippen molar-refractivity contribution in [3.63, 3.8) is 0 Å². The summed E-state index contributed by atoms with van der Waals surface area (Å²) in [5, 5.41) is 5.28. The molecule has 0 fully saturated rings. The number of ether oxygens (including phenoxy) is 1. The molecule has 0 bridgehead atoms. The van der Waals surface area contributed by atoms with Gasteiger partial charge in [0, 0.05) is 54.4 Å². The number of rotatable bonds is 6. The van der Waals surface area contributed by atoms with Gasteiger partial charge in [-0.15, -0.1) is 0 Å². The number of benzene rings is 2. The summed E-state index contributed by atoms with van der Waals surface area (Å²) >= 11 is 3.42. The number of methoxy groups -OCH3 is 1. The van der Waals surface area contributed by atoms with E-state index in [2.05, 4.69) is 26.6 Å². The average molecular weight is 448 g/mol. The molecule has 2 rings (SSSR count). The van der Waals surface area contributed by atoms with Crippen LogP contribution >= 0.6 is 15.9 Å². The van der Waals surface area contributed by atoms with E-state index < -0.39 is 0 Å². The highest BCUT2D eigenvalue weighted by Crippen LogP contribution is 2.25. The molecule has 0 heterocycles. The lowest BCUT2D eigenvalue weighted by molar-refractivity contribution is -0.115. The standard InChI is InChI=1S/C20H22BrN3O4/c1-12(25)22-17-8-14(9-18(10-17)23-13(2)26)20(27)24(3)11-15-7-16(21)5-6-19(15)28-4/h5-10H,11H2,1-4H3,(H,22,25)(H,23,26). The first-order valence-corrected chi connectivity index (χ1v) is 9.27. The van der Waals surface area contributed by atoms with Gasteiger partial charge in [0.05, 0.1) is 7.11 Å². The number of carbonyl (C=O) groups is 3. The highest BCUT2D eigenvalue weighted by atomic mass is 79.9. The van der Waals surface area contributed by atoms with Crippen molar-refractivity contribution in [3.8, 4) is 5.75 Å². The lowest BCUT2D eigenvalue weighted by atomic mass is 10.1. The van der Waals surface area contributed by atoms with Crippen molar-refractivity contribution >= 4 is 45.0 Å². The number of amides is 3. The maximum Gasteiger partial charge on any atom is 0.254 e. The van der Waals surface area contributed by atoms with E-state index in [0.29, 0.717) is 29.2 Å². The summed E-state index contributed by atoms with van der Waals surface area (Å²) in [4.78, 5) is 37.3. The number of halogens is 1. The highest BCUT2D eigenvalue weighted by Gasteiger charge is 2.17. The summed E-state index contributed by atoms with van der Waals surface area (Å²) in [6.45, 7) is 3.07. The maximum absolute atomic E-state index is 13.0. The first kappa shape index (κ1) is 21.4. The SMILES string of the molecule is COc1ccc(Br)cc1CN(C)C(=O)c1cc(NC(C)=O)cc(NC(C)=O)c1. The Bertz CT molecular complexity index is 880. The van der Waals surface area contributed by atoms with E-state index in [0.717, 1.165) is 10.0 Å². The number of hydrogen-bond acceptors (Lipinski definition) is 4. The molecule has 0 saturated carbocycles. The molecular formula is C20H22BrN3O4. The van der Waals surface area contributed by atoms with Gasteiger partial charge in [-0.3, -0.25) is 14.4 Å². The van der Waals surface area contributed by atoms with E-state index in [1.807, 2.05) is 18.2 Å². The van der Waals surface area contributed by atoms with Crippen molar-refractivity contribution in [1.29, 1.82) is 0 Å². The van der Waals surface area contributed by atoms with Crippen LogP contribution in [0.1, 0.15) is 29.8 Å². The lowest BCUT2D eigenvalue weighted by Gasteiger charge is -2.20. The monoisotopic (exact) mass is 447 g/mol. The van der Waals surface area contributed by atoms with Crippen LogP contribution in [-0.2, 0) is 16.1 Å². The maximum atomic E-state index is 13.0. The van der Waals surface area contributed by atoms with Crippen molar-refractivity contribution < 1.29 is 19.1 Å². The fourth-order valence-electron chi connectivity index (χ4n) is 2.72. The van der Waals surface area contributed by atoms with E-state index in [4.69, 9.17) is 4.74 Å². The van der Waals surface area contributed by atoms with Gasteiger partial charge < -0.3 is 20.3 Å². The van der Waals surface area contributed by atoms with Crippen LogP contribution in [0.5, 0.6) is 5.75 Å². The van der Waals surface area contributed by atoms with Crippen molar-refractivity contribution in [2.45, 2.75) is 20.4 Å². The van der Waals surface area contributed by atoms with Crippen LogP contribution in [0.2, 0.25) is 0 Å². The van der Waals surface area contributed by atoms with Gasteiger partial charge in [-0.2, -0.15) is 0 Å². The van der Waals surface area contributed by atoms with Gasteiger partial charge in [0.1, 0.15) is 5.75 Å². The Morgan fingerprint density at radius 2 is 1.57 bits per heavy atom.